The topological polar surface area (TPSA) is 65.1 Å². The molecule has 0 saturated carbocycles. The molecule has 3 heterocycles. The number of ether oxygens (including phenoxy) is 1. The highest BCUT2D eigenvalue weighted by molar-refractivity contribution is 5.94. The van der Waals surface area contributed by atoms with Gasteiger partial charge in [-0.05, 0) is 74.4 Å². The highest BCUT2D eigenvalue weighted by Crippen LogP contribution is 2.29. The van der Waals surface area contributed by atoms with Crippen LogP contribution in [0.4, 0.5) is 10.5 Å². The van der Waals surface area contributed by atoms with E-state index >= 15 is 0 Å². The summed E-state index contributed by atoms with van der Waals surface area (Å²) in [6.07, 6.45) is 6.47. The summed E-state index contributed by atoms with van der Waals surface area (Å²) >= 11 is 0. The number of amides is 2. The van der Waals surface area contributed by atoms with Gasteiger partial charge in [-0.2, -0.15) is 0 Å². The molecule has 1 aromatic carbocycles. The molecule has 9 heteroatoms. The molecule has 192 valence electrons. The van der Waals surface area contributed by atoms with Gasteiger partial charge in [-0.25, -0.2) is 9.80 Å². The summed E-state index contributed by atoms with van der Waals surface area (Å²) in [7, 11) is 0. The van der Waals surface area contributed by atoms with Gasteiger partial charge in [0.2, 0.25) is 0 Å². The van der Waals surface area contributed by atoms with E-state index in [-0.39, 0.29) is 42.9 Å². The lowest BCUT2D eigenvalue weighted by Gasteiger charge is -2.41. The van der Waals surface area contributed by atoms with Gasteiger partial charge in [0.25, 0.3) is 0 Å². The van der Waals surface area contributed by atoms with Crippen molar-refractivity contribution < 1.29 is 14.3 Å². The third-order valence-corrected chi connectivity index (χ3v) is 6.80. The van der Waals surface area contributed by atoms with Crippen LogP contribution in [-0.4, -0.2) is 67.4 Å². The Morgan fingerprint density at radius 1 is 1.09 bits per heavy atom. The maximum atomic E-state index is 13.4. The van der Waals surface area contributed by atoms with Crippen LogP contribution in [-0.2, 0) is 22.4 Å². The van der Waals surface area contributed by atoms with E-state index in [1.807, 2.05) is 23.8 Å². The van der Waals surface area contributed by atoms with Crippen molar-refractivity contribution >= 4 is 42.5 Å². The van der Waals surface area contributed by atoms with Gasteiger partial charge in [0.05, 0.1) is 13.2 Å². The first-order chi connectivity index (χ1) is 15.5. The lowest BCUT2D eigenvalue weighted by Crippen LogP contribution is -2.52. The molecular weight excluding hydrogens is 475 g/mol. The molecule has 2 amide bonds. The average Bonchev–Trinajstić information content (AvgIpc) is 3.02. The zero-order chi connectivity index (χ0) is 22.5. The monoisotopic (exact) mass is 514 g/mol. The van der Waals surface area contributed by atoms with Crippen LogP contribution in [0.25, 0.3) is 0 Å². The number of carbonyl (C=O) groups excluding carboxylic acids is 2. The highest BCUT2D eigenvalue weighted by Gasteiger charge is 2.38. The van der Waals surface area contributed by atoms with Crippen molar-refractivity contribution in [3.05, 3.63) is 29.3 Å². The van der Waals surface area contributed by atoms with Gasteiger partial charge < -0.3 is 10.1 Å². The molecule has 1 unspecified atom stereocenters. The van der Waals surface area contributed by atoms with Gasteiger partial charge in [0.1, 0.15) is 0 Å². The minimum Gasteiger partial charge on any atom is -0.465 e. The predicted octanol–water partition coefficient (Wildman–Crippen LogP) is 4.21. The summed E-state index contributed by atoms with van der Waals surface area (Å²) in [6.45, 7) is 8.85. The third-order valence-electron chi connectivity index (χ3n) is 6.80. The van der Waals surface area contributed by atoms with E-state index in [0.717, 1.165) is 63.8 Å². The van der Waals surface area contributed by atoms with Crippen molar-refractivity contribution in [1.29, 1.82) is 0 Å². The summed E-state index contributed by atoms with van der Waals surface area (Å²) in [4.78, 5) is 27.5. The zero-order valence-electron chi connectivity index (χ0n) is 20.5. The molecule has 4 rings (SSSR count). The number of benzene rings is 1. The van der Waals surface area contributed by atoms with Gasteiger partial charge in [-0.15, -0.1) is 24.8 Å². The Hall–Kier alpha value is -1.54. The van der Waals surface area contributed by atoms with Crippen molar-refractivity contribution in [1.82, 2.24) is 15.3 Å². The Kier molecular flexibility index (Phi) is 11.4. The summed E-state index contributed by atoms with van der Waals surface area (Å²) in [6, 6.07) is 6.79. The summed E-state index contributed by atoms with van der Waals surface area (Å²) in [5, 5.41) is 7.61. The maximum Gasteiger partial charge on any atom is 0.339 e. The standard InChI is InChI=1S/C25H38N4O3.2ClH/c1-19(2)18-32-24(30)9-8-22-5-3-4-14-28(22)29-16-15-27(25(29)31)23-7-6-20-10-12-26-13-11-21(20)17-23;;/h6-7,17,19,22,26H,3-5,8-16,18H2,1-2H3;2*1H. The number of rotatable bonds is 7. The van der Waals surface area contributed by atoms with E-state index < -0.39 is 0 Å². The fourth-order valence-electron chi connectivity index (χ4n) is 5.04. The van der Waals surface area contributed by atoms with Gasteiger partial charge >= 0.3 is 12.0 Å². The lowest BCUT2D eigenvalue weighted by atomic mass is 9.99. The highest BCUT2D eigenvalue weighted by atomic mass is 35.5. The number of fused-ring (bicyclic) bond motifs is 1. The molecule has 1 aromatic rings. The molecule has 1 atom stereocenters. The van der Waals surface area contributed by atoms with E-state index in [0.29, 0.717) is 32.0 Å². The predicted molar refractivity (Wildman–Crippen MR) is 140 cm³/mol. The number of piperidine rings is 1. The molecule has 2 saturated heterocycles. The number of nitrogens with one attached hydrogen (secondary N) is 1. The molecule has 0 radical (unpaired) electrons. The number of esters is 1. The number of hydrazine groups is 1. The first-order valence-electron chi connectivity index (χ1n) is 12.4. The van der Waals surface area contributed by atoms with Crippen LogP contribution in [0.3, 0.4) is 0 Å². The number of anilines is 1. The minimum atomic E-state index is -0.127. The Bertz CT molecular complexity index is 823. The zero-order valence-corrected chi connectivity index (χ0v) is 22.1. The van der Waals surface area contributed by atoms with E-state index in [2.05, 4.69) is 28.5 Å². The summed E-state index contributed by atoms with van der Waals surface area (Å²) in [5.74, 6) is 0.223. The number of hydrogen-bond donors (Lipinski definition) is 1. The number of hydrogen-bond acceptors (Lipinski definition) is 5. The van der Waals surface area contributed by atoms with Crippen LogP contribution in [0.15, 0.2) is 18.2 Å². The van der Waals surface area contributed by atoms with Crippen LogP contribution in [0.1, 0.15) is 57.1 Å². The maximum absolute atomic E-state index is 13.4. The third kappa shape index (κ3) is 7.00. The second kappa shape index (κ2) is 13.5. The van der Waals surface area contributed by atoms with Crippen molar-refractivity contribution in [2.75, 3.05) is 44.2 Å². The largest absolute Gasteiger partial charge is 0.465 e. The van der Waals surface area contributed by atoms with E-state index in [9.17, 15) is 9.59 Å². The summed E-state index contributed by atoms with van der Waals surface area (Å²) < 4.78 is 5.35. The normalized spacial score (nSPS) is 20.9. The van der Waals surface area contributed by atoms with Gasteiger partial charge in [0.15, 0.2) is 0 Å². The number of carbonyl (C=O) groups is 2. The van der Waals surface area contributed by atoms with Crippen molar-refractivity contribution in [2.45, 2.75) is 64.8 Å². The fraction of sp³-hybridized carbons (Fsp3) is 0.680. The quantitative estimate of drug-likeness (QED) is 0.552. The minimum absolute atomic E-state index is 0. The number of nitrogens with zero attached hydrogens (tertiary/aromatic N) is 3. The Balaban J connectivity index is 0.00000204. The van der Waals surface area contributed by atoms with E-state index in [1.165, 1.54) is 11.1 Å². The Morgan fingerprint density at radius 2 is 1.85 bits per heavy atom. The average molecular weight is 516 g/mol. The number of halogens is 2. The molecule has 0 aliphatic carbocycles. The van der Waals surface area contributed by atoms with Gasteiger partial charge in [-0.3, -0.25) is 14.7 Å². The smallest absolute Gasteiger partial charge is 0.339 e. The second-order valence-electron chi connectivity index (χ2n) is 9.69. The van der Waals surface area contributed by atoms with Crippen LogP contribution in [0.2, 0.25) is 0 Å². The van der Waals surface area contributed by atoms with Crippen LogP contribution in [0.5, 0.6) is 0 Å². The molecule has 34 heavy (non-hydrogen) atoms. The van der Waals surface area contributed by atoms with Gasteiger partial charge in [-0.1, -0.05) is 26.3 Å². The Morgan fingerprint density at radius 3 is 2.62 bits per heavy atom. The van der Waals surface area contributed by atoms with E-state index in [4.69, 9.17) is 4.74 Å². The van der Waals surface area contributed by atoms with Crippen LogP contribution >= 0.6 is 24.8 Å². The first kappa shape index (κ1) is 28.7. The van der Waals surface area contributed by atoms with Crippen molar-refractivity contribution in [3.63, 3.8) is 0 Å². The van der Waals surface area contributed by atoms with Crippen molar-refractivity contribution in [3.8, 4) is 0 Å². The molecular formula is C25H40Cl2N4O3. The van der Waals surface area contributed by atoms with E-state index in [1.54, 1.807) is 0 Å². The molecule has 0 bridgehead atoms. The molecule has 2 fully saturated rings. The molecule has 3 aliphatic rings. The Labute approximate surface area is 216 Å². The SMILES string of the molecule is CC(C)COC(=O)CCC1CCCCN1N1CCN(c2ccc3c(c2)CCNCC3)C1=O.Cl.Cl. The molecule has 0 spiro atoms. The molecule has 3 aliphatic heterocycles. The molecule has 1 N–H and O–H groups in total. The lowest BCUT2D eigenvalue weighted by molar-refractivity contribution is -0.145. The summed E-state index contributed by atoms with van der Waals surface area (Å²) in [5.41, 5.74) is 3.75. The van der Waals surface area contributed by atoms with Crippen molar-refractivity contribution in [2.24, 2.45) is 5.92 Å². The number of urea groups is 1. The molecule has 0 aromatic heterocycles. The van der Waals surface area contributed by atoms with Gasteiger partial charge in [0, 0.05) is 31.2 Å². The van der Waals surface area contributed by atoms with Crippen LogP contribution < -0.4 is 10.2 Å². The molecule has 7 nitrogen and oxygen atoms in total. The second-order valence-corrected chi connectivity index (χ2v) is 9.69. The van der Waals surface area contributed by atoms with Crippen LogP contribution in [0, 0.1) is 5.92 Å². The first-order valence-corrected chi connectivity index (χ1v) is 12.4. The fourth-order valence-corrected chi connectivity index (χ4v) is 5.04.